The molecule has 2 heterocycles. The zero-order valence-electron chi connectivity index (χ0n) is 14.4. The van der Waals surface area contributed by atoms with Gasteiger partial charge in [-0.25, -0.2) is 4.98 Å². The van der Waals surface area contributed by atoms with E-state index in [9.17, 15) is 4.79 Å². The monoisotopic (exact) mass is 340 g/mol. The summed E-state index contributed by atoms with van der Waals surface area (Å²) in [7, 11) is 0. The van der Waals surface area contributed by atoms with Crippen LogP contribution in [0.5, 0.6) is 5.88 Å². The maximum absolute atomic E-state index is 12.5. The summed E-state index contributed by atoms with van der Waals surface area (Å²) in [6, 6.07) is 3.77. The van der Waals surface area contributed by atoms with Gasteiger partial charge in [-0.2, -0.15) is 0 Å². The second-order valence-electron chi connectivity index (χ2n) is 7.16. The second kappa shape index (κ2) is 7.00. The Morgan fingerprint density at radius 3 is 2.88 bits per heavy atom. The summed E-state index contributed by atoms with van der Waals surface area (Å²) < 4.78 is 10.7. The zero-order valence-corrected chi connectivity index (χ0v) is 14.4. The third-order valence-corrected chi connectivity index (χ3v) is 5.25. The fraction of sp³-hybridized carbons (Fsp3) is 0.500. The minimum Gasteiger partial charge on any atom is -0.469 e. The number of pyridine rings is 1. The van der Waals surface area contributed by atoms with Crippen molar-refractivity contribution < 1.29 is 14.3 Å². The number of aromatic nitrogens is 1. The molecule has 1 aromatic heterocycles. The van der Waals surface area contributed by atoms with Crippen LogP contribution in [0.15, 0.2) is 42.6 Å². The van der Waals surface area contributed by atoms with E-state index in [1.165, 1.54) is 0 Å². The predicted octanol–water partition coefficient (Wildman–Crippen LogP) is 2.80. The van der Waals surface area contributed by atoms with Gasteiger partial charge < -0.3 is 14.8 Å². The molecule has 132 valence electrons. The summed E-state index contributed by atoms with van der Waals surface area (Å²) in [5.74, 6) is 1.93. The van der Waals surface area contributed by atoms with Crippen LogP contribution in [0.3, 0.4) is 0 Å². The molecule has 2 fully saturated rings. The van der Waals surface area contributed by atoms with Crippen LogP contribution in [0.2, 0.25) is 0 Å². The second-order valence-corrected chi connectivity index (χ2v) is 7.16. The maximum atomic E-state index is 12.5. The molecule has 4 atom stereocenters. The van der Waals surface area contributed by atoms with Crippen molar-refractivity contribution in [1.29, 1.82) is 0 Å². The van der Waals surface area contributed by atoms with Crippen molar-refractivity contribution in [1.82, 2.24) is 10.3 Å². The lowest BCUT2D eigenvalue weighted by Crippen LogP contribution is -2.38. The van der Waals surface area contributed by atoms with Crippen molar-refractivity contribution in [2.45, 2.75) is 31.9 Å². The van der Waals surface area contributed by atoms with Crippen LogP contribution < -0.4 is 10.1 Å². The highest BCUT2D eigenvalue weighted by molar-refractivity contribution is 5.82. The fourth-order valence-electron chi connectivity index (χ4n) is 3.48. The standard InChI is InChI=1S/C20H24N2O3/c1-13(15-7-8-19(21-10-15)25-16-11-24-12-16)22-20(23)18-9-17(18)14-5-3-2-4-6-14/h2-5,7-8,10,13-14,16-18H,6,9,11-12H2,1H3,(H,22,23)/t13-,14?,17+,18-/m0/s1. The summed E-state index contributed by atoms with van der Waals surface area (Å²) in [6.07, 6.45) is 12.5. The number of carbonyl (C=O) groups is 1. The molecule has 0 bridgehead atoms. The van der Waals surface area contributed by atoms with Crippen LogP contribution in [0.1, 0.15) is 31.4 Å². The summed E-state index contributed by atoms with van der Waals surface area (Å²) in [4.78, 5) is 16.8. The number of amides is 1. The normalized spacial score (nSPS) is 28.9. The molecular formula is C20H24N2O3. The number of allylic oxidation sites excluding steroid dienone is 4. The molecule has 1 unspecified atom stereocenters. The minimum atomic E-state index is -0.0517. The average Bonchev–Trinajstić information content (AvgIpc) is 3.40. The molecule has 1 saturated heterocycles. The highest BCUT2D eigenvalue weighted by Gasteiger charge is 2.46. The Bertz CT molecular complexity index is 679. The van der Waals surface area contributed by atoms with E-state index in [4.69, 9.17) is 9.47 Å². The van der Waals surface area contributed by atoms with Gasteiger partial charge in [-0.15, -0.1) is 0 Å². The Morgan fingerprint density at radius 2 is 2.24 bits per heavy atom. The highest BCUT2D eigenvalue weighted by Crippen LogP contribution is 2.47. The van der Waals surface area contributed by atoms with E-state index in [0.717, 1.165) is 18.4 Å². The number of hydrogen-bond donors (Lipinski definition) is 1. The Balaban J connectivity index is 1.28. The number of carbonyl (C=O) groups excluding carboxylic acids is 1. The third-order valence-electron chi connectivity index (χ3n) is 5.25. The predicted molar refractivity (Wildman–Crippen MR) is 94.0 cm³/mol. The Labute approximate surface area is 148 Å². The number of ether oxygens (including phenoxy) is 2. The number of nitrogens with one attached hydrogen (secondary N) is 1. The minimum absolute atomic E-state index is 0.0517. The molecule has 0 spiro atoms. The van der Waals surface area contributed by atoms with Gasteiger partial charge >= 0.3 is 0 Å². The number of nitrogens with zero attached hydrogens (tertiary/aromatic N) is 1. The van der Waals surface area contributed by atoms with E-state index in [1.54, 1.807) is 6.20 Å². The van der Waals surface area contributed by atoms with Crippen LogP contribution in [0.25, 0.3) is 0 Å². The lowest BCUT2D eigenvalue weighted by Gasteiger charge is -2.26. The molecule has 1 aliphatic heterocycles. The fourth-order valence-corrected chi connectivity index (χ4v) is 3.48. The molecule has 2 aliphatic carbocycles. The first kappa shape index (κ1) is 16.3. The maximum Gasteiger partial charge on any atom is 0.223 e. The van der Waals surface area contributed by atoms with E-state index < -0.39 is 0 Å². The molecule has 4 rings (SSSR count). The quantitative estimate of drug-likeness (QED) is 0.865. The van der Waals surface area contributed by atoms with Crippen molar-refractivity contribution in [2.24, 2.45) is 17.8 Å². The van der Waals surface area contributed by atoms with Crippen LogP contribution in [0, 0.1) is 17.8 Å². The summed E-state index contributed by atoms with van der Waals surface area (Å²) in [5, 5.41) is 3.13. The highest BCUT2D eigenvalue weighted by atomic mass is 16.6. The molecule has 3 aliphatic rings. The molecule has 1 N–H and O–H groups in total. The molecule has 5 nitrogen and oxygen atoms in total. The van der Waals surface area contributed by atoms with Gasteiger partial charge in [0.25, 0.3) is 0 Å². The number of rotatable bonds is 6. The van der Waals surface area contributed by atoms with Crippen LogP contribution in [0.4, 0.5) is 0 Å². The van der Waals surface area contributed by atoms with Crippen LogP contribution in [-0.4, -0.2) is 30.2 Å². The first-order chi connectivity index (χ1) is 12.2. The molecule has 1 amide bonds. The Kier molecular flexibility index (Phi) is 4.57. The van der Waals surface area contributed by atoms with Gasteiger partial charge in [-0.3, -0.25) is 4.79 Å². The topological polar surface area (TPSA) is 60.5 Å². The molecular weight excluding hydrogens is 316 g/mol. The van der Waals surface area contributed by atoms with E-state index in [2.05, 4.69) is 34.6 Å². The van der Waals surface area contributed by atoms with Gasteiger partial charge in [0.15, 0.2) is 0 Å². The Hall–Kier alpha value is -2.14. The van der Waals surface area contributed by atoms with Gasteiger partial charge in [0, 0.05) is 18.2 Å². The van der Waals surface area contributed by atoms with Crippen molar-refractivity contribution >= 4 is 5.91 Å². The van der Waals surface area contributed by atoms with E-state index in [0.29, 0.717) is 30.9 Å². The van der Waals surface area contributed by atoms with E-state index >= 15 is 0 Å². The third kappa shape index (κ3) is 3.76. The Morgan fingerprint density at radius 1 is 1.36 bits per heavy atom. The first-order valence-electron chi connectivity index (χ1n) is 9.05. The van der Waals surface area contributed by atoms with Crippen molar-refractivity contribution in [3.05, 3.63) is 48.2 Å². The molecule has 0 radical (unpaired) electrons. The molecule has 5 heteroatoms. The first-order valence-corrected chi connectivity index (χ1v) is 9.05. The van der Waals surface area contributed by atoms with Gasteiger partial charge in [0.05, 0.1) is 19.3 Å². The SMILES string of the molecule is C[C@H](NC(=O)[C@H]1C[C@@H]1C1C=CC=CC1)c1ccc(OC2COC2)nc1. The average molecular weight is 340 g/mol. The smallest absolute Gasteiger partial charge is 0.223 e. The van der Waals surface area contributed by atoms with Crippen LogP contribution >= 0.6 is 0 Å². The lowest BCUT2D eigenvalue weighted by molar-refractivity contribution is -0.123. The number of hydrogen-bond acceptors (Lipinski definition) is 4. The van der Waals surface area contributed by atoms with E-state index in [-0.39, 0.29) is 24.0 Å². The van der Waals surface area contributed by atoms with Gasteiger partial charge in [-0.1, -0.05) is 30.4 Å². The van der Waals surface area contributed by atoms with Crippen molar-refractivity contribution in [2.75, 3.05) is 13.2 Å². The van der Waals surface area contributed by atoms with E-state index in [1.807, 2.05) is 19.1 Å². The van der Waals surface area contributed by atoms with Crippen LogP contribution in [-0.2, 0) is 9.53 Å². The molecule has 1 aromatic rings. The summed E-state index contributed by atoms with van der Waals surface area (Å²) >= 11 is 0. The van der Waals surface area contributed by atoms with Gasteiger partial charge in [-0.05, 0) is 37.2 Å². The summed E-state index contributed by atoms with van der Waals surface area (Å²) in [5.41, 5.74) is 0.989. The van der Waals surface area contributed by atoms with Gasteiger partial charge in [0.2, 0.25) is 11.8 Å². The van der Waals surface area contributed by atoms with Crippen molar-refractivity contribution in [3.8, 4) is 5.88 Å². The lowest BCUT2D eigenvalue weighted by atomic mass is 9.94. The molecule has 1 saturated carbocycles. The zero-order chi connectivity index (χ0) is 17.2. The van der Waals surface area contributed by atoms with Crippen molar-refractivity contribution in [3.63, 3.8) is 0 Å². The van der Waals surface area contributed by atoms with Gasteiger partial charge in [0.1, 0.15) is 6.10 Å². The molecule has 0 aromatic carbocycles. The molecule has 25 heavy (non-hydrogen) atoms. The summed E-state index contributed by atoms with van der Waals surface area (Å²) in [6.45, 7) is 3.25. The largest absolute Gasteiger partial charge is 0.469 e.